The quantitative estimate of drug-likeness (QED) is 0.0955. The van der Waals surface area contributed by atoms with Crippen molar-refractivity contribution >= 4 is 24.0 Å². The number of H-pyrrole nitrogens is 2. The first-order chi connectivity index (χ1) is 34.7. The summed E-state index contributed by atoms with van der Waals surface area (Å²) in [5.74, 6) is 3.83. The van der Waals surface area contributed by atoms with E-state index >= 15 is 0 Å². The molecule has 3 aromatic carbocycles. The van der Waals surface area contributed by atoms with Gasteiger partial charge in [0.15, 0.2) is 0 Å². The Labute approximate surface area is 422 Å². The van der Waals surface area contributed by atoms with Crippen LogP contribution in [-0.4, -0.2) is 93.1 Å². The zero-order valence-corrected chi connectivity index (χ0v) is 43.0. The van der Waals surface area contributed by atoms with Crippen molar-refractivity contribution in [2.24, 2.45) is 23.7 Å². The number of alkyl carbamates (subject to hydrolysis) is 2. The Bertz CT molecular complexity index is 2920. The average molecular weight is 975 g/mol. The molecule has 5 unspecified atom stereocenters. The number of carbonyl (C=O) groups excluding carboxylic acids is 4. The van der Waals surface area contributed by atoms with Crippen molar-refractivity contribution in [3.05, 3.63) is 94.8 Å². The highest BCUT2D eigenvalue weighted by Crippen LogP contribution is 2.62. The smallest absolute Gasteiger partial charge is 0.407 e. The number of benzene rings is 3. The van der Waals surface area contributed by atoms with Crippen LogP contribution in [0.5, 0.6) is 0 Å². The molecule has 4 aliphatic carbocycles. The third-order valence-electron chi connectivity index (χ3n) is 17.4. The van der Waals surface area contributed by atoms with Crippen molar-refractivity contribution in [2.75, 3.05) is 27.3 Å². The van der Waals surface area contributed by atoms with Crippen LogP contribution in [0, 0.1) is 23.7 Å². The molecule has 2 saturated carbocycles. The number of imidazole rings is 2. The van der Waals surface area contributed by atoms with Gasteiger partial charge in [0.2, 0.25) is 11.8 Å². The molecule has 378 valence electrons. The normalized spacial score (nSPS) is 25.5. The Morgan fingerprint density at radius 3 is 1.39 bits per heavy atom. The van der Waals surface area contributed by atoms with Gasteiger partial charge in [0.1, 0.15) is 23.7 Å². The fourth-order valence-corrected chi connectivity index (χ4v) is 14.0. The molecule has 2 saturated heterocycles. The number of aromatic nitrogens is 4. The molecule has 14 heteroatoms. The Hall–Kier alpha value is -6.44. The maximum atomic E-state index is 14.1. The number of nitrogens with one attached hydrogen (secondary N) is 4. The number of hydrogen-bond acceptors (Lipinski definition) is 8. The summed E-state index contributed by atoms with van der Waals surface area (Å²) >= 11 is 0. The molecule has 4 N–H and O–H groups in total. The van der Waals surface area contributed by atoms with E-state index in [2.05, 4.69) is 83.0 Å². The zero-order valence-electron chi connectivity index (χ0n) is 43.0. The van der Waals surface area contributed by atoms with Gasteiger partial charge in [-0.2, -0.15) is 0 Å². The summed E-state index contributed by atoms with van der Waals surface area (Å²) in [5.41, 5.74) is 15.6. The second-order valence-corrected chi connectivity index (χ2v) is 22.7. The van der Waals surface area contributed by atoms with E-state index in [0.717, 1.165) is 41.4 Å². The molecule has 0 spiro atoms. The number of methoxy groups -OCH3 is 2. The van der Waals surface area contributed by atoms with Crippen molar-refractivity contribution < 1.29 is 28.7 Å². The SMILES string of the molecule is COC(=O)N[C@H](C(=O)N1C[C@@H](C)CC1c1ncc(-c2ccc(-c3ccc(-c4ccc(-c5cnc([C@@H]6C[C@H](C)CN6C(=O)[C@@H](NC(=O)OC)C(C)C)[nH]5)cc4)c4c3C3CCC4C3)c3c2C2CCC3C2)[nH]1)C(C)C. The topological polar surface area (TPSA) is 175 Å². The largest absolute Gasteiger partial charge is 0.453 e. The first-order valence-corrected chi connectivity index (χ1v) is 26.6. The van der Waals surface area contributed by atoms with Gasteiger partial charge in [0.25, 0.3) is 0 Å². The van der Waals surface area contributed by atoms with Gasteiger partial charge >= 0.3 is 12.2 Å². The van der Waals surface area contributed by atoms with Gasteiger partial charge < -0.3 is 39.9 Å². The van der Waals surface area contributed by atoms with Crippen LogP contribution in [0.2, 0.25) is 0 Å². The minimum atomic E-state index is -0.694. The second kappa shape index (κ2) is 18.9. The Morgan fingerprint density at radius 1 is 0.542 bits per heavy atom. The summed E-state index contributed by atoms with van der Waals surface area (Å²) in [5, 5.41) is 5.54. The van der Waals surface area contributed by atoms with Crippen molar-refractivity contribution in [1.82, 2.24) is 40.4 Å². The highest BCUT2D eigenvalue weighted by atomic mass is 16.5. The molecular formula is C58H70N8O6. The predicted octanol–water partition coefficient (Wildman–Crippen LogP) is 11.1. The number of fused-ring (bicyclic) bond motifs is 10. The molecular weight excluding hydrogens is 905 g/mol. The summed E-state index contributed by atoms with van der Waals surface area (Å²) in [4.78, 5) is 73.3. The van der Waals surface area contributed by atoms with Gasteiger partial charge in [-0.15, -0.1) is 0 Å². The molecule has 2 aromatic heterocycles. The van der Waals surface area contributed by atoms with E-state index in [9.17, 15) is 19.2 Å². The summed E-state index contributed by atoms with van der Waals surface area (Å²) in [6, 6.07) is 16.6. The van der Waals surface area contributed by atoms with E-state index in [-0.39, 0.29) is 41.7 Å². The highest BCUT2D eigenvalue weighted by Gasteiger charge is 2.46. The third-order valence-corrected chi connectivity index (χ3v) is 17.4. The molecule has 2 aliphatic heterocycles. The molecule has 11 rings (SSSR count). The highest BCUT2D eigenvalue weighted by molar-refractivity contribution is 5.88. The van der Waals surface area contributed by atoms with Gasteiger partial charge in [0, 0.05) is 18.7 Å². The van der Waals surface area contributed by atoms with Gasteiger partial charge in [0.05, 0.1) is 50.1 Å². The molecule has 0 radical (unpaired) electrons. The van der Waals surface area contributed by atoms with Crippen LogP contribution in [0.25, 0.3) is 44.8 Å². The minimum absolute atomic E-state index is 0.107. The van der Waals surface area contributed by atoms with E-state index in [1.165, 1.54) is 97.3 Å². The summed E-state index contributed by atoms with van der Waals surface area (Å²) in [6.07, 6.45) is 11.5. The third kappa shape index (κ3) is 8.26. The van der Waals surface area contributed by atoms with Crippen LogP contribution < -0.4 is 10.6 Å². The lowest BCUT2D eigenvalue weighted by molar-refractivity contribution is -0.136. The maximum Gasteiger partial charge on any atom is 0.407 e. The molecule has 4 bridgehead atoms. The Morgan fingerprint density at radius 2 is 0.931 bits per heavy atom. The Kier molecular flexibility index (Phi) is 12.5. The van der Waals surface area contributed by atoms with Crippen molar-refractivity contribution in [3.8, 4) is 44.8 Å². The lowest BCUT2D eigenvalue weighted by Crippen LogP contribution is -2.51. The second-order valence-electron chi connectivity index (χ2n) is 22.7. The van der Waals surface area contributed by atoms with E-state index in [0.29, 0.717) is 42.7 Å². The van der Waals surface area contributed by atoms with E-state index < -0.39 is 24.3 Å². The first-order valence-electron chi connectivity index (χ1n) is 26.6. The maximum absolute atomic E-state index is 14.1. The summed E-state index contributed by atoms with van der Waals surface area (Å²) in [7, 11) is 2.63. The lowest BCUT2D eigenvalue weighted by Gasteiger charge is -2.30. The van der Waals surface area contributed by atoms with Crippen LogP contribution >= 0.6 is 0 Å². The van der Waals surface area contributed by atoms with Crippen LogP contribution in [0.1, 0.15) is 163 Å². The van der Waals surface area contributed by atoms with Crippen molar-refractivity contribution in [3.63, 3.8) is 0 Å². The van der Waals surface area contributed by atoms with Gasteiger partial charge in [-0.3, -0.25) is 9.59 Å². The molecule has 10 atom stereocenters. The number of likely N-dealkylation sites (tertiary alicyclic amines) is 2. The monoisotopic (exact) mass is 975 g/mol. The minimum Gasteiger partial charge on any atom is -0.453 e. The fourth-order valence-electron chi connectivity index (χ4n) is 14.0. The van der Waals surface area contributed by atoms with Crippen molar-refractivity contribution in [1.29, 1.82) is 0 Å². The summed E-state index contributed by atoms with van der Waals surface area (Å²) in [6.45, 7) is 13.3. The number of carbonyl (C=O) groups is 4. The van der Waals surface area contributed by atoms with Gasteiger partial charge in [-0.25, -0.2) is 19.6 Å². The van der Waals surface area contributed by atoms with E-state index in [1.54, 1.807) is 5.56 Å². The standard InChI is InChI=1S/C58H70N8O6/c1-29(2)51(63-57(69)71-7)55(67)65-27-31(5)21-45(65)53-59-25-43(61-53)34-11-9-33(10-12-34)39-17-18-40(48-36-14-13-35(23-36)47(39)48)41-19-20-42(50-38-16-15-37(24-38)49(41)50)44-26-60-54(62-44)46-22-32(6)28-66(46)56(68)52(30(3)4)64-58(70)72-8/h9-12,17-20,25-26,29-32,35-38,45-46,51-52H,13-16,21-24,27-28H2,1-8H3,(H,59,61)(H,60,62)(H,63,69)(H,64,70)/t31-,32-,35?,36?,37?,38?,45-,46?,51-,52-/m0/s1. The number of nitrogens with zero attached hydrogens (tertiary/aromatic N) is 4. The Balaban J connectivity index is 0.870. The predicted molar refractivity (Wildman–Crippen MR) is 276 cm³/mol. The molecule has 72 heavy (non-hydrogen) atoms. The van der Waals surface area contributed by atoms with Crippen LogP contribution in [0.3, 0.4) is 0 Å². The molecule has 5 aromatic rings. The average Bonchev–Trinajstić information content (AvgIpc) is 4.25. The molecule has 6 aliphatic rings. The molecule has 4 amide bonds. The molecule has 4 fully saturated rings. The van der Waals surface area contributed by atoms with Crippen molar-refractivity contribution in [2.45, 2.75) is 141 Å². The lowest BCUT2D eigenvalue weighted by atomic mass is 9.77. The molecule has 14 nitrogen and oxygen atoms in total. The van der Waals surface area contributed by atoms with Crippen LogP contribution in [0.4, 0.5) is 9.59 Å². The van der Waals surface area contributed by atoms with E-state index in [4.69, 9.17) is 19.4 Å². The van der Waals surface area contributed by atoms with Crippen LogP contribution in [0.15, 0.2) is 60.9 Å². The number of rotatable bonds is 12. The fraction of sp³-hybridized carbons (Fsp3) is 0.517. The van der Waals surface area contributed by atoms with Gasteiger partial charge in [-0.05, 0) is 149 Å². The first kappa shape index (κ1) is 47.9. The van der Waals surface area contributed by atoms with Crippen LogP contribution in [-0.2, 0) is 19.1 Å². The molecule has 4 heterocycles. The number of ether oxygens (including phenoxy) is 2. The number of hydrogen-bond donors (Lipinski definition) is 4. The van der Waals surface area contributed by atoms with Gasteiger partial charge in [-0.1, -0.05) is 90.1 Å². The number of aromatic amines is 2. The summed E-state index contributed by atoms with van der Waals surface area (Å²) < 4.78 is 9.72. The number of amides is 4. The van der Waals surface area contributed by atoms with E-state index in [1.807, 2.05) is 49.9 Å². The zero-order chi connectivity index (χ0) is 50.3.